The normalized spacial score (nSPS) is 10.7. The molecule has 3 rings (SSSR count). The third-order valence-electron chi connectivity index (χ3n) is 4.81. The van der Waals surface area contributed by atoms with Crippen LogP contribution >= 0.6 is 0 Å². The van der Waals surface area contributed by atoms with Gasteiger partial charge in [0.1, 0.15) is 5.82 Å². The highest BCUT2D eigenvalue weighted by Gasteiger charge is 2.22. The predicted molar refractivity (Wildman–Crippen MR) is 113 cm³/mol. The second kappa shape index (κ2) is 9.34. The maximum absolute atomic E-state index is 13.3. The molecule has 1 aromatic heterocycles. The number of fused-ring (bicyclic) bond motifs is 1. The number of benzene rings is 2. The Morgan fingerprint density at radius 2 is 1.75 bits per heavy atom. The molecule has 0 bridgehead atoms. The van der Waals surface area contributed by atoms with Crippen molar-refractivity contribution in [2.45, 2.75) is 19.9 Å². The first-order chi connectivity index (χ1) is 15.2. The number of amides is 1. The van der Waals surface area contributed by atoms with E-state index in [0.29, 0.717) is 17.6 Å². The average molecular weight is 438 g/mol. The maximum Gasteiger partial charge on any atom is 0.372 e. The van der Waals surface area contributed by atoms with Gasteiger partial charge in [-0.05, 0) is 42.8 Å². The van der Waals surface area contributed by atoms with Crippen molar-refractivity contribution in [3.8, 4) is 0 Å². The van der Waals surface area contributed by atoms with Crippen molar-refractivity contribution in [2.75, 3.05) is 6.54 Å². The summed E-state index contributed by atoms with van der Waals surface area (Å²) in [6, 6.07) is 10.1. The van der Waals surface area contributed by atoms with Gasteiger partial charge in [0.15, 0.2) is 11.2 Å². The number of carbonyl (C=O) groups is 4. The zero-order valence-corrected chi connectivity index (χ0v) is 17.1. The molecule has 0 fully saturated rings. The fourth-order valence-corrected chi connectivity index (χ4v) is 3.23. The lowest BCUT2D eigenvalue weighted by Crippen LogP contribution is -2.25. The van der Waals surface area contributed by atoms with Crippen LogP contribution in [0.4, 0.5) is 4.39 Å². The van der Waals surface area contributed by atoms with Gasteiger partial charge in [0, 0.05) is 30.2 Å². The molecule has 0 aliphatic carbocycles. The number of Topliss-reactive ketones (excluding diaryl/α,β-unsaturated/α-hetero) is 2. The quantitative estimate of drug-likeness (QED) is 0.316. The summed E-state index contributed by atoms with van der Waals surface area (Å²) in [5, 5.41) is 11.5. The van der Waals surface area contributed by atoms with Gasteiger partial charge < -0.3 is 15.0 Å². The minimum atomic E-state index is -1.77. The van der Waals surface area contributed by atoms with E-state index in [0.717, 1.165) is 0 Å². The summed E-state index contributed by atoms with van der Waals surface area (Å²) in [6.07, 6.45) is 0.278. The van der Waals surface area contributed by atoms with E-state index in [1.54, 1.807) is 17.6 Å². The first-order valence-electron chi connectivity index (χ1n) is 9.70. The van der Waals surface area contributed by atoms with Gasteiger partial charge in [0.05, 0.1) is 17.5 Å². The molecule has 0 spiro atoms. The van der Waals surface area contributed by atoms with E-state index in [-0.39, 0.29) is 23.1 Å². The van der Waals surface area contributed by atoms with Crippen LogP contribution in [0.1, 0.15) is 39.6 Å². The molecule has 0 aliphatic heterocycles. The zero-order valence-electron chi connectivity index (χ0n) is 17.1. The van der Waals surface area contributed by atoms with Crippen molar-refractivity contribution in [2.24, 2.45) is 0 Å². The van der Waals surface area contributed by atoms with Crippen molar-refractivity contribution in [1.29, 1.82) is 0 Å². The molecule has 0 radical (unpaired) electrons. The number of aliphatic carboxylic acids is 1. The van der Waals surface area contributed by atoms with Crippen LogP contribution in [0.15, 0.2) is 53.5 Å². The number of carboxylic acids is 1. The van der Waals surface area contributed by atoms with Crippen LogP contribution in [-0.2, 0) is 16.1 Å². The molecule has 0 unspecified atom stereocenters. The molecule has 164 valence electrons. The van der Waals surface area contributed by atoms with Gasteiger partial charge in [-0.3, -0.25) is 19.2 Å². The van der Waals surface area contributed by atoms with Crippen molar-refractivity contribution in [3.05, 3.63) is 81.4 Å². The topological polar surface area (TPSA) is 123 Å². The Labute approximate surface area is 181 Å². The number of hydrogen-bond donors (Lipinski definition) is 2. The van der Waals surface area contributed by atoms with E-state index in [2.05, 4.69) is 5.32 Å². The number of halogens is 1. The van der Waals surface area contributed by atoms with E-state index < -0.39 is 41.1 Å². The van der Waals surface area contributed by atoms with Crippen molar-refractivity contribution in [3.63, 3.8) is 0 Å². The second-order valence-corrected chi connectivity index (χ2v) is 7.05. The van der Waals surface area contributed by atoms with Gasteiger partial charge in [0.2, 0.25) is 5.78 Å². The Morgan fingerprint density at radius 1 is 1.06 bits per heavy atom. The molecule has 8 nitrogen and oxygen atoms in total. The van der Waals surface area contributed by atoms with Crippen molar-refractivity contribution < 1.29 is 28.7 Å². The van der Waals surface area contributed by atoms with Crippen molar-refractivity contribution >= 4 is 34.3 Å². The molecule has 2 N–H and O–H groups in total. The van der Waals surface area contributed by atoms with E-state index in [1.165, 1.54) is 42.6 Å². The summed E-state index contributed by atoms with van der Waals surface area (Å²) in [5.74, 6) is -4.88. The number of carbonyl (C=O) groups excluding carboxylic acids is 3. The van der Waals surface area contributed by atoms with Crippen LogP contribution in [0.5, 0.6) is 0 Å². The molecule has 3 aromatic rings. The third-order valence-corrected chi connectivity index (χ3v) is 4.81. The molecular weight excluding hydrogens is 419 g/mol. The van der Waals surface area contributed by atoms with Gasteiger partial charge in [-0.1, -0.05) is 12.1 Å². The molecule has 32 heavy (non-hydrogen) atoms. The minimum Gasteiger partial charge on any atom is -0.475 e. The summed E-state index contributed by atoms with van der Waals surface area (Å²) >= 11 is 0. The number of nitrogens with zero attached hydrogens (tertiary/aromatic N) is 1. The number of hydrogen-bond acceptors (Lipinski definition) is 5. The lowest BCUT2D eigenvalue weighted by molar-refractivity contribution is -0.148. The molecule has 0 atom stereocenters. The van der Waals surface area contributed by atoms with Gasteiger partial charge in [-0.2, -0.15) is 0 Å². The van der Waals surface area contributed by atoms with Gasteiger partial charge in [-0.15, -0.1) is 0 Å². The zero-order chi connectivity index (χ0) is 23.4. The van der Waals surface area contributed by atoms with Crippen molar-refractivity contribution in [1.82, 2.24) is 9.88 Å². The van der Waals surface area contributed by atoms with Crippen LogP contribution in [0, 0.1) is 5.82 Å². The van der Waals surface area contributed by atoms with E-state index in [9.17, 15) is 28.4 Å². The fraction of sp³-hybridized carbons (Fsp3) is 0.174. The molecule has 0 aliphatic rings. The lowest BCUT2D eigenvalue weighted by atomic mass is 10.0. The summed E-state index contributed by atoms with van der Waals surface area (Å²) < 4.78 is 14.8. The summed E-state index contributed by atoms with van der Waals surface area (Å²) in [5.41, 5.74) is 0.195. The Bertz CT molecular complexity index is 1290. The number of aromatic nitrogens is 1. The van der Waals surface area contributed by atoms with Gasteiger partial charge >= 0.3 is 5.97 Å². The monoisotopic (exact) mass is 438 g/mol. The first kappa shape index (κ1) is 22.5. The maximum atomic E-state index is 13.3. The van der Waals surface area contributed by atoms with Gasteiger partial charge in [-0.25, -0.2) is 9.18 Å². The molecule has 1 amide bonds. The number of pyridine rings is 1. The van der Waals surface area contributed by atoms with Gasteiger partial charge in [0.25, 0.3) is 5.91 Å². The van der Waals surface area contributed by atoms with E-state index in [4.69, 9.17) is 5.11 Å². The SMILES string of the molecule is CCNC(=O)c1ccc2c(c1)c(=O)c(C(=O)CC(=O)C(=O)O)cn2Cc1ccc(F)cc1. The summed E-state index contributed by atoms with van der Waals surface area (Å²) in [4.78, 5) is 60.1. The predicted octanol–water partition coefficient (Wildman–Crippen LogP) is 2.17. The van der Waals surface area contributed by atoms with E-state index >= 15 is 0 Å². The number of ketones is 2. The highest BCUT2D eigenvalue weighted by molar-refractivity contribution is 6.37. The fourth-order valence-electron chi connectivity index (χ4n) is 3.23. The first-order valence-corrected chi connectivity index (χ1v) is 9.70. The smallest absolute Gasteiger partial charge is 0.372 e. The highest BCUT2D eigenvalue weighted by atomic mass is 19.1. The third kappa shape index (κ3) is 4.77. The minimum absolute atomic E-state index is 0.0597. The summed E-state index contributed by atoms with van der Waals surface area (Å²) in [6.45, 7) is 2.27. The Kier molecular flexibility index (Phi) is 6.58. The molecule has 1 heterocycles. The van der Waals surface area contributed by atoms with Crippen LogP contribution in [0.3, 0.4) is 0 Å². The molecule has 9 heteroatoms. The molecule has 2 aromatic carbocycles. The summed E-state index contributed by atoms with van der Waals surface area (Å²) in [7, 11) is 0. The van der Waals surface area contributed by atoms with Crippen LogP contribution in [0.25, 0.3) is 10.9 Å². The number of rotatable bonds is 8. The lowest BCUT2D eigenvalue weighted by Gasteiger charge is -2.14. The number of nitrogens with one attached hydrogen (secondary N) is 1. The Hall–Kier alpha value is -4.14. The Balaban J connectivity index is 2.17. The number of carboxylic acid groups (broad SMARTS) is 1. The second-order valence-electron chi connectivity index (χ2n) is 7.05. The highest BCUT2D eigenvalue weighted by Crippen LogP contribution is 2.18. The van der Waals surface area contributed by atoms with Crippen LogP contribution < -0.4 is 10.7 Å². The van der Waals surface area contributed by atoms with Crippen LogP contribution in [0.2, 0.25) is 0 Å². The largest absolute Gasteiger partial charge is 0.475 e. The van der Waals surface area contributed by atoms with Crippen LogP contribution in [-0.4, -0.2) is 39.7 Å². The van der Waals surface area contributed by atoms with E-state index in [1.807, 2.05) is 0 Å². The average Bonchev–Trinajstić information content (AvgIpc) is 2.76. The molecular formula is C23H19FN2O6. The standard InChI is InChI=1S/C23H19FN2O6/c1-2-25-22(30)14-5-8-18-16(9-14)21(29)17(19(27)10-20(28)23(31)32)12-26(18)11-13-3-6-15(24)7-4-13/h3-9,12H,2,10-11H2,1H3,(H,25,30)(H,31,32). The Morgan fingerprint density at radius 3 is 2.38 bits per heavy atom. The molecule has 0 saturated carbocycles. The molecule has 0 saturated heterocycles.